The van der Waals surface area contributed by atoms with Gasteiger partial charge in [0.15, 0.2) is 0 Å². The summed E-state index contributed by atoms with van der Waals surface area (Å²) in [7, 11) is 0. The van der Waals surface area contributed by atoms with E-state index in [4.69, 9.17) is 9.84 Å². The van der Waals surface area contributed by atoms with Crippen LogP contribution in [0.4, 0.5) is 0 Å². The largest absolute Gasteiger partial charge is 0.478 e. The third-order valence-corrected chi connectivity index (χ3v) is 2.39. The lowest BCUT2D eigenvalue weighted by Gasteiger charge is -2.08. The van der Waals surface area contributed by atoms with Crippen LogP contribution in [0.15, 0.2) is 48.5 Å². The molecule has 0 radical (unpaired) electrons. The predicted octanol–water partition coefficient (Wildman–Crippen LogP) is 3.49. The molecule has 0 atom stereocenters. The first-order valence-electron chi connectivity index (χ1n) is 5.23. The fraction of sp³-hybridized carbons (Fsp3) is 0.0714. The summed E-state index contributed by atoms with van der Waals surface area (Å²) in [6, 6.07) is 14.2. The molecule has 0 unspecified atom stereocenters. The first kappa shape index (κ1) is 11.2. The zero-order valence-electron chi connectivity index (χ0n) is 9.38. The van der Waals surface area contributed by atoms with Crippen LogP contribution in [0.2, 0.25) is 0 Å². The summed E-state index contributed by atoms with van der Waals surface area (Å²) >= 11 is 0. The summed E-state index contributed by atoms with van der Waals surface area (Å²) in [6.07, 6.45) is 0. The zero-order valence-corrected chi connectivity index (χ0v) is 9.38. The second kappa shape index (κ2) is 4.70. The molecule has 3 nitrogen and oxygen atoms in total. The number of carboxylic acid groups (broad SMARTS) is 1. The van der Waals surface area contributed by atoms with Gasteiger partial charge in [0, 0.05) is 0 Å². The standard InChI is InChI=1S/C14H12O3/c1-10-9-11(14(15)16)7-8-13(10)17-12-5-3-2-4-6-12/h2-9H,1H3,(H,15,16). The van der Waals surface area contributed by atoms with Crippen molar-refractivity contribution in [3.05, 3.63) is 59.7 Å². The minimum Gasteiger partial charge on any atom is -0.478 e. The minimum atomic E-state index is -0.931. The molecular formula is C14H12O3. The Balaban J connectivity index is 2.26. The molecule has 0 fully saturated rings. The number of rotatable bonds is 3. The smallest absolute Gasteiger partial charge is 0.335 e. The van der Waals surface area contributed by atoms with Crippen LogP contribution in [-0.2, 0) is 0 Å². The van der Waals surface area contributed by atoms with Gasteiger partial charge in [-0.3, -0.25) is 0 Å². The second-order valence-corrected chi connectivity index (χ2v) is 3.70. The van der Waals surface area contributed by atoms with Crippen LogP contribution in [0, 0.1) is 6.92 Å². The number of ether oxygens (including phenoxy) is 1. The van der Waals surface area contributed by atoms with Gasteiger partial charge in [0.25, 0.3) is 0 Å². The van der Waals surface area contributed by atoms with Gasteiger partial charge in [-0.25, -0.2) is 4.79 Å². The van der Waals surface area contributed by atoms with Crippen LogP contribution in [0.5, 0.6) is 11.5 Å². The SMILES string of the molecule is Cc1cc(C(=O)O)ccc1Oc1ccccc1. The Labute approximate surface area is 99.3 Å². The normalized spacial score (nSPS) is 9.94. The molecule has 86 valence electrons. The number of hydrogen-bond donors (Lipinski definition) is 1. The number of carbonyl (C=O) groups is 1. The van der Waals surface area contributed by atoms with E-state index in [1.54, 1.807) is 12.1 Å². The van der Waals surface area contributed by atoms with E-state index in [2.05, 4.69) is 0 Å². The Morgan fingerprint density at radius 2 is 1.82 bits per heavy atom. The van der Waals surface area contributed by atoms with E-state index in [-0.39, 0.29) is 5.56 Å². The quantitative estimate of drug-likeness (QED) is 0.874. The molecule has 2 aromatic carbocycles. The molecule has 17 heavy (non-hydrogen) atoms. The maximum Gasteiger partial charge on any atom is 0.335 e. The van der Waals surface area contributed by atoms with E-state index in [1.165, 1.54) is 6.07 Å². The van der Waals surface area contributed by atoms with Gasteiger partial charge in [0.05, 0.1) is 5.56 Å². The van der Waals surface area contributed by atoms with Crippen molar-refractivity contribution in [1.82, 2.24) is 0 Å². The highest BCUT2D eigenvalue weighted by molar-refractivity contribution is 5.88. The zero-order chi connectivity index (χ0) is 12.3. The third-order valence-electron chi connectivity index (χ3n) is 2.39. The molecule has 0 saturated heterocycles. The van der Waals surface area contributed by atoms with Crippen molar-refractivity contribution < 1.29 is 14.6 Å². The van der Waals surface area contributed by atoms with E-state index in [1.807, 2.05) is 37.3 Å². The van der Waals surface area contributed by atoms with E-state index in [0.717, 1.165) is 11.3 Å². The van der Waals surface area contributed by atoms with Crippen LogP contribution in [-0.4, -0.2) is 11.1 Å². The predicted molar refractivity (Wildman–Crippen MR) is 64.7 cm³/mol. The number of benzene rings is 2. The fourth-order valence-electron chi connectivity index (χ4n) is 1.51. The molecule has 1 N–H and O–H groups in total. The first-order valence-corrected chi connectivity index (χ1v) is 5.23. The summed E-state index contributed by atoms with van der Waals surface area (Å²) in [5, 5.41) is 8.85. The second-order valence-electron chi connectivity index (χ2n) is 3.70. The van der Waals surface area contributed by atoms with Crippen molar-refractivity contribution >= 4 is 5.97 Å². The summed E-state index contributed by atoms with van der Waals surface area (Å²) in [5.74, 6) is 0.472. The number of aryl methyl sites for hydroxylation is 1. The molecular weight excluding hydrogens is 216 g/mol. The van der Waals surface area contributed by atoms with Crippen LogP contribution in [0.3, 0.4) is 0 Å². The third kappa shape index (κ3) is 2.64. The molecule has 0 aliphatic heterocycles. The molecule has 0 amide bonds. The van der Waals surface area contributed by atoms with Crippen LogP contribution >= 0.6 is 0 Å². The van der Waals surface area contributed by atoms with Crippen molar-refractivity contribution in [3.8, 4) is 11.5 Å². The van der Waals surface area contributed by atoms with Gasteiger partial charge in [-0.15, -0.1) is 0 Å². The average molecular weight is 228 g/mol. The molecule has 3 heteroatoms. The van der Waals surface area contributed by atoms with E-state index in [9.17, 15) is 4.79 Å². The first-order chi connectivity index (χ1) is 8.16. The van der Waals surface area contributed by atoms with Gasteiger partial charge in [-0.05, 0) is 42.8 Å². The van der Waals surface area contributed by atoms with Crippen molar-refractivity contribution in [2.45, 2.75) is 6.92 Å². The average Bonchev–Trinajstić information content (AvgIpc) is 2.33. The lowest BCUT2D eigenvalue weighted by molar-refractivity contribution is 0.0697. The summed E-state index contributed by atoms with van der Waals surface area (Å²) in [5.41, 5.74) is 1.07. The number of para-hydroxylation sites is 1. The maximum atomic E-state index is 10.8. The van der Waals surface area contributed by atoms with Crippen LogP contribution in [0.1, 0.15) is 15.9 Å². The molecule has 0 bridgehead atoms. The number of carboxylic acids is 1. The lowest BCUT2D eigenvalue weighted by atomic mass is 10.1. The lowest BCUT2D eigenvalue weighted by Crippen LogP contribution is -1.97. The summed E-state index contributed by atoms with van der Waals surface area (Å²) in [6.45, 7) is 1.82. The van der Waals surface area contributed by atoms with Gasteiger partial charge in [0.1, 0.15) is 11.5 Å². The molecule has 0 aliphatic carbocycles. The minimum absolute atomic E-state index is 0.267. The maximum absolute atomic E-state index is 10.8. The molecule has 0 spiro atoms. The highest BCUT2D eigenvalue weighted by Crippen LogP contribution is 2.25. The van der Waals surface area contributed by atoms with Crippen molar-refractivity contribution in [1.29, 1.82) is 0 Å². The van der Waals surface area contributed by atoms with E-state index < -0.39 is 5.97 Å². The molecule has 0 heterocycles. The van der Waals surface area contributed by atoms with Crippen LogP contribution in [0.25, 0.3) is 0 Å². The van der Waals surface area contributed by atoms with Crippen molar-refractivity contribution in [3.63, 3.8) is 0 Å². The Morgan fingerprint density at radius 1 is 1.12 bits per heavy atom. The number of hydrogen-bond acceptors (Lipinski definition) is 2. The molecule has 2 rings (SSSR count). The topological polar surface area (TPSA) is 46.5 Å². The van der Waals surface area contributed by atoms with E-state index in [0.29, 0.717) is 5.75 Å². The van der Waals surface area contributed by atoms with Gasteiger partial charge >= 0.3 is 5.97 Å². The molecule has 2 aromatic rings. The van der Waals surface area contributed by atoms with Crippen molar-refractivity contribution in [2.75, 3.05) is 0 Å². The van der Waals surface area contributed by atoms with E-state index >= 15 is 0 Å². The fourth-order valence-corrected chi connectivity index (χ4v) is 1.51. The Hall–Kier alpha value is -2.29. The molecule has 0 saturated carbocycles. The molecule has 0 aliphatic rings. The number of aromatic carboxylic acids is 1. The highest BCUT2D eigenvalue weighted by atomic mass is 16.5. The van der Waals surface area contributed by atoms with Gasteiger partial charge < -0.3 is 9.84 Å². The van der Waals surface area contributed by atoms with Gasteiger partial charge in [0.2, 0.25) is 0 Å². The monoisotopic (exact) mass is 228 g/mol. The Kier molecular flexibility index (Phi) is 3.10. The Morgan fingerprint density at radius 3 is 2.41 bits per heavy atom. The van der Waals surface area contributed by atoms with Gasteiger partial charge in [-0.1, -0.05) is 18.2 Å². The van der Waals surface area contributed by atoms with Gasteiger partial charge in [-0.2, -0.15) is 0 Å². The summed E-state index contributed by atoms with van der Waals surface area (Å²) < 4.78 is 5.65. The van der Waals surface area contributed by atoms with Crippen LogP contribution < -0.4 is 4.74 Å². The highest BCUT2D eigenvalue weighted by Gasteiger charge is 2.06. The summed E-state index contributed by atoms with van der Waals surface area (Å²) in [4.78, 5) is 10.8. The van der Waals surface area contributed by atoms with Crippen molar-refractivity contribution in [2.24, 2.45) is 0 Å². The Bertz CT molecular complexity index is 532. The molecule has 0 aromatic heterocycles.